The van der Waals surface area contributed by atoms with Gasteiger partial charge in [0.05, 0.1) is 50.4 Å². The van der Waals surface area contributed by atoms with Crippen molar-refractivity contribution >= 4 is 5.97 Å². The smallest absolute Gasteiger partial charge is 0.335 e. The predicted octanol–water partition coefficient (Wildman–Crippen LogP) is 4.49. The number of carboxylic acids is 1. The number of aromatic nitrogens is 2. The molecular weight excluding hydrogens is 424 g/mol. The Morgan fingerprint density at radius 1 is 1.06 bits per heavy atom. The Hall–Kier alpha value is -3.52. The SMILES string of the molecule is CCCOc1ccc(C(=O)O)cc1-c1cc(-c2cccc(OC)c2OC)n(C[C@@H](O)CC)n1. The van der Waals surface area contributed by atoms with Gasteiger partial charge >= 0.3 is 5.97 Å². The van der Waals surface area contributed by atoms with Gasteiger partial charge in [0.15, 0.2) is 11.5 Å². The molecule has 2 aromatic carbocycles. The molecule has 33 heavy (non-hydrogen) atoms. The molecule has 2 N–H and O–H groups in total. The molecule has 176 valence electrons. The van der Waals surface area contributed by atoms with Crippen LogP contribution < -0.4 is 14.2 Å². The molecule has 3 rings (SSSR count). The first kappa shape index (κ1) is 24.1. The van der Waals surface area contributed by atoms with Gasteiger partial charge in [-0.15, -0.1) is 0 Å². The van der Waals surface area contributed by atoms with Crippen LogP contribution in [-0.2, 0) is 6.54 Å². The number of benzene rings is 2. The van der Waals surface area contributed by atoms with Crippen LogP contribution >= 0.6 is 0 Å². The van der Waals surface area contributed by atoms with Crippen LogP contribution in [0.4, 0.5) is 0 Å². The number of rotatable bonds is 11. The van der Waals surface area contributed by atoms with Gasteiger partial charge < -0.3 is 24.4 Å². The second kappa shape index (κ2) is 10.9. The average Bonchev–Trinajstić information content (AvgIpc) is 3.24. The normalized spacial score (nSPS) is 11.8. The van der Waals surface area contributed by atoms with Gasteiger partial charge in [0.25, 0.3) is 0 Å². The van der Waals surface area contributed by atoms with Gasteiger partial charge in [-0.25, -0.2) is 4.79 Å². The molecule has 3 aromatic rings. The maximum atomic E-state index is 11.6. The van der Waals surface area contributed by atoms with Crippen LogP contribution in [0.5, 0.6) is 17.2 Å². The number of carbonyl (C=O) groups is 1. The third-order valence-corrected chi connectivity index (χ3v) is 5.28. The highest BCUT2D eigenvalue weighted by atomic mass is 16.5. The summed E-state index contributed by atoms with van der Waals surface area (Å²) in [5, 5.41) is 24.6. The zero-order valence-electron chi connectivity index (χ0n) is 19.4. The Balaban J connectivity index is 2.22. The maximum absolute atomic E-state index is 11.6. The largest absolute Gasteiger partial charge is 0.493 e. The zero-order valence-corrected chi connectivity index (χ0v) is 19.4. The number of ether oxygens (including phenoxy) is 3. The lowest BCUT2D eigenvalue weighted by Crippen LogP contribution is -2.16. The lowest BCUT2D eigenvalue weighted by molar-refractivity contribution is 0.0697. The van der Waals surface area contributed by atoms with Crippen LogP contribution in [-0.4, -0.2) is 52.9 Å². The molecule has 1 atom stereocenters. The van der Waals surface area contributed by atoms with Crippen LogP contribution in [0.25, 0.3) is 22.5 Å². The molecule has 0 fully saturated rings. The maximum Gasteiger partial charge on any atom is 0.335 e. The summed E-state index contributed by atoms with van der Waals surface area (Å²) in [7, 11) is 3.14. The number of hydrogen-bond donors (Lipinski definition) is 2. The first-order chi connectivity index (χ1) is 15.9. The molecule has 0 saturated carbocycles. The fourth-order valence-corrected chi connectivity index (χ4v) is 3.52. The van der Waals surface area contributed by atoms with Crippen molar-refractivity contribution in [1.29, 1.82) is 0 Å². The van der Waals surface area contributed by atoms with Crippen LogP contribution in [0.3, 0.4) is 0 Å². The van der Waals surface area contributed by atoms with Crippen molar-refractivity contribution in [3.8, 4) is 39.8 Å². The molecule has 0 aliphatic heterocycles. The second-order valence-corrected chi connectivity index (χ2v) is 7.56. The van der Waals surface area contributed by atoms with Crippen LogP contribution in [0.15, 0.2) is 42.5 Å². The number of aromatic carboxylic acids is 1. The van der Waals surface area contributed by atoms with Gasteiger partial charge in [-0.3, -0.25) is 4.68 Å². The van der Waals surface area contributed by atoms with E-state index >= 15 is 0 Å². The quantitative estimate of drug-likeness (QED) is 0.440. The summed E-state index contributed by atoms with van der Waals surface area (Å²) < 4.78 is 18.7. The van der Waals surface area contributed by atoms with Crippen LogP contribution in [0.2, 0.25) is 0 Å². The number of aliphatic hydroxyl groups is 1. The van der Waals surface area contributed by atoms with E-state index in [-0.39, 0.29) is 12.1 Å². The number of aliphatic hydroxyl groups excluding tert-OH is 1. The van der Waals surface area contributed by atoms with Crippen molar-refractivity contribution in [3.05, 3.63) is 48.0 Å². The summed E-state index contributed by atoms with van der Waals surface area (Å²) >= 11 is 0. The highest BCUT2D eigenvalue weighted by Crippen LogP contribution is 2.40. The Bertz CT molecular complexity index is 1110. The molecule has 0 aliphatic carbocycles. The van der Waals surface area contributed by atoms with Gasteiger partial charge in [0, 0.05) is 11.1 Å². The Morgan fingerprint density at radius 2 is 1.85 bits per heavy atom. The predicted molar refractivity (Wildman–Crippen MR) is 125 cm³/mol. The minimum Gasteiger partial charge on any atom is -0.493 e. The van der Waals surface area contributed by atoms with E-state index in [1.54, 1.807) is 37.1 Å². The van der Waals surface area contributed by atoms with E-state index in [1.807, 2.05) is 32.0 Å². The van der Waals surface area contributed by atoms with Gasteiger partial charge in [-0.1, -0.05) is 19.9 Å². The van der Waals surface area contributed by atoms with E-state index in [0.29, 0.717) is 47.2 Å². The van der Waals surface area contributed by atoms with Gasteiger partial charge in [0.2, 0.25) is 0 Å². The number of nitrogens with zero attached hydrogens (tertiary/aromatic N) is 2. The average molecular weight is 455 g/mol. The summed E-state index contributed by atoms with van der Waals surface area (Å²) in [5.74, 6) is 0.626. The molecule has 0 unspecified atom stereocenters. The molecule has 8 nitrogen and oxygen atoms in total. The summed E-state index contributed by atoms with van der Waals surface area (Å²) in [6, 6.07) is 12.1. The van der Waals surface area contributed by atoms with Crippen molar-refractivity contribution in [2.45, 2.75) is 39.3 Å². The monoisotopic (exact) mass is 454 g/mol. The first-order valence-corrected chi connectivity index (χ1v) is 10.9. The summed E-state index contributed by atoms with van der Waals surface area (Å²) in [6.45, 7) is 4.65. The van der Waals surface area contributed by atoms with Crippen LogP contribution in [0, 0.1) is 0 Å². The fourth-order valence-electron chi connectivity index (χ4n) is 3.52. The first-order valence-electron chi connectivity index (χ1n) is 10.9. The number of hydrogen-bond acceptors (Lipinski definition) is 6. The van der Waals surface area contributed by atoms with E-state index < -0.39 is 12.1 Å². The Morgan fingerprint density at radius 3 is 2.48 bits per heavy atom. The van der Waals surface area contributed by atoms with Gasteiger partial charge in [-0.05, 0) is 49.2 Å². The molecule has 1 aromatic heterocycles. The molecule has 0 radical (unpaired) electrons. The minimum absolute atomic E-state index is 0.137. The van der Waals surface area contributed by atoms with Crippen molar-refractivity contribution in [3.63, 3.8) is 0 Å². The lowest BCUT2D eigenvalue weighted by Gasteiger charge is -2.15. The molecule has 8 heteroatoms. The topological polar surface area (TPSA) is 103 Å². The molecule has 1 heterocycles. The molecule has 0 aliphatic rings. The highest BCUT2D eigenvalue weighted by molar-refractivity contribution is 5.90. The van der Waals surface area contributed by atoms with Crippen molar-refractivity contribution in [2.75, 3.05) is 20.8 Å². The molecule has 0 amide bonds. The second-order valence-electron chi connectivity index (χ2n) is 7.56. The molecule has 0 bridgehead atoms. The van der Waals surface area contributed by atoms with Crippen molar-refractivity contribution in [2.24, 2.45) is 0 Å². The van der Waals surface area contributed by atoms with E-state index in [1.165, 1.54) is 6.07 Å². The summed E-state index contributed by atoms with van der Waals surface area (Å²) in [6.07, 6.45) is 0.765. The van der Waals surface area contributed by atoms with E-state index in [4.69, 9.17) is 19.3 Å². The van der Waals surface area contributed by atoms with Crippen molar-refractivity contribution < 1.29 is 29.2 Å². The third-order valence-electron chi connectivity index (χ3n) is 5.28. The third kappa shape index (κ3) is 5.28. The van der Waals surface area contributed by atoms with Gasteiger partial charge in [0.1, 0.15) is 5.75 Å². The molecular formula is C25H30N2O6. The van der Waals surface area contributed by atoms with Crippen LogP contribution in [0.1, 0.15) is 37.0 Å². The lowest BCUT2D eigenvalue weighted by atomic mass is 10.0. The van der Waals surface area contributed by atoms with Gasteiger partial charge in [-0.2, -0.15) is 5.10 Å². The Kier molecular flexibility index (Phi) is 7.95. The van der Waals surface area contributed by atoms with E-state index in [0.717, 1.165) is 12.0 Å². The zero-order chi connectivity index (χ0) is 24.0. The highest BCUT2D eigenvalue weighted by Gasteiger charge is 2.21. The number of carboxylic acid groups (broad SMARTS) is 1. The standard InChI is InChI=1S/C25H30N2O6/c1-5-12-33-22-11-10-16(25(29)30)13-19(22)20-14-21(27(26-20)15-17(28)6-2)18-8-7-9-23(31-3)24(18)32-4/h7-11,13-14,17,28H,5-6,12,15H2,1-4H3,(H,29,30)/t17-/m0/s1. The fraction of sp³-hybridized carbons (Fsp3) is 0.360. The summed E-state index contributed by atoms with van der Waals surface area (Å²) in [4.78, 5) is 11.6. The minimum atomic E-state index is -1.03. The van der Waals surface area contributed by atoms with Crippen molar-refractivity contribution in [1.82, 2.24) is 9.78 Å². The van der Waals surface area contributed by atoms with E-state index in [2.05, 4.69) is 0 Å². The Labute approximate surface area is 193 Å². The number of para-hydroxylation sites is 1. The molecule has 0 saturated heterocycles. The van der Waals surface area contributed by atoms with E-state index in [9.17, 15) is 15.0 Å². The summed E-state index contributed by atoms with van der Waals surface area (Å²) in [5.41, 5.74) is 2.68. The molecule has 0 spiro atoms. The number of methoxy groups -OCH3 is 2.